The summed E-state index contributed by atoms with van der Waals surface area (Å²) < 4.78 is 5.05. The molecule has 0 fully saturated rings. The molecule has 0 aliphatic rings. The van der Waals surface area contributed by atoms with Crippen LogP contribution in [0.2, 0.25) is 0 Å². The van der Waals surface area contributed by atoms with Crippen molar-refractivity contribution in [3.05, 3.63) is 0 Å². The molecule has 1 unspecified atom stereocenters. The van der Waals surface area contributed by atoms with Gasteiger partial charge in [0.1, 0.15) is 6.04 Å². The van der Waals surface area contributed by atoms with Crippen LogP contribution in [-0.4, -0.2) is 75.0 Å². The summed E-state index contributed by atoms with van der Waals surface area (Å²) in [7, 11) is 0. The Bertz CT molecular complexity index is 684. The lowest BCUT2D eigenvalue weighted by atomic mass is 9.96. The molecule has 0 saturated heterocycles. The summed E-state index contributed by atoms with van der Waals surface area (Å²) in [6.45, 7) is 4.94. The number of nitrogens with one attached hydrogen (secondary N) is 1. The summed E-state index contributed by atoms with van der Waals surface area (Å²) >= 11 is 0. The Hall–Kier alpha value is -2.73. The first-order valence-corrected chi connectivity index (χ1v) is 13.5. The summed E-state index contributed by atoms with van der Waals surface area (Å²) in [5.41, 5.74) is 2.75. The Kier molecular flexibility index (Phi) is 23.0. The van der Waals surface area contributed by atoms with Gasteiger partial charge in [-0.25, -0.2) is 9.59 Å². The first-order chi connectivity index (χ1) is 17.9. The molecule has 0 rings (SSSR count). The molecule has 0 aromatic carbocycles. The minimum atomic E-state index is -2.74. The van der Waals surface area contributed by atoms with Crippen molar-refractivity contribution < 1.29 is 49.1 Å². The number of rotatable bonds is 22. The predicted octanol–water partition coefficient (Wildman–Crippen LogP) is 2.84. The Morgan fingerprint density at radius 1 is 0.789 bits per heavy atom. The van der Waals surface area contributed by atoms with E-state index in [-0.39, 0.29) is 11.9 Å². The summed E-state index contributed by atoms with van der Waals surface area (Å²) in [6, 6.07) is -0.530. The van der Waals surface area contributed by atoms with E-state index in [1.807, 2.05) is 0 Å². The van der Waals surface area contributed by atoms with Gasteiger partial charge in [0.2, 0.25) is 5.91 Å². The number of hydrogen-bond donors (Lipinski definition) is 6. The smallest absolute Gasteiger partial charge is 0.336 e. The highest BCUT2D eigenvalue weighted by Gasteiger charge is 2.40. The van der Waals surface area contributed by atoms with Gasteiger partial charge in [-0.15, -0.1) is 0 Å². The van der Waals surface area contributed by atoms with Gasteiger partial charge >= 0.3 is 23.9 Å². The number of carbonyl (C=O) groups is 5. The quantitative estimate of drug-likeness (QED) is 0.0854. The average molecular weight is 549 g/mol. The van der Waals surface area contributed by atoms with Crippen molar-refractivity contribution >= 4 is 29.8 Å². The monoisotopic (exact) mass is 548 g/mol. The lowest BCUT2D eigenvalue weighted by molar-refractivity contribution is -0.170. The van der Waals surface area contributed by atoms with Gasteiger partial charge in [-0.1, -0.05) is 58.3 Å². The van der Waals surface area contributed by atoms with Crippen LogP contribution in [0.25, 0.3) is 0 Å². The summed E-state index contributed by atoms with van der Waals surface area (Å²) in [6.07, 6.45) is 11.5. The fraction of sp³-hybridized carbons (Fsp3) is 0.808. The van der Waals surface area contributed by atoms with Crippen LogP contribution in [0.4, 0.5) is 0 Å². The lowest BCUT2D eigenvalue weighted by Gasteiger charge is -2.18. The number of aliphatic hydroxyl groups is 1. The zero-order valence-corrected chi connectivity index (χ0v) is 22.9. The molecule has 0 aliphatic carbocycles. The van der Waals surface area contributed by atoms with E-state index in [0.29, 0.717) is 26.0 Å². The van der Waals surface area contributed by atoms with E-state index in [4.69, 9.17) is 30.9 Å². The Morgan fingerprint density at radius 2 is 1.29 bits per heavy atom. The molecule has 12 nitrogen and oxygen atoms in total. The molecule has 7 N–H and O–H groups in total. The van der Waals surface area contributed by atoms with Gasteiger partial charge in [0.05, 0.1) is 19.4 Å². The van der Waals surface area contributed by atoms with E-state index in [9.17, 15) is 24.0 Å². The number of esters is 1. The van der Waals surface area contributed by atoms with Crippen LogP contribution < -0.4 is 11.1 Å². The van der Waals surface area contributed by atoms with Gasteiger partial charge in [0.25, 0.3) is 0 Å². The van der Waals surface area contributed by atoms with Crippen molar-refractivity contribution in [1.82, 2.24) is 5.32 Å². The van der Waals surface area contributed by atoms with E-state index in [2.05, 4.69) is 12.2 Å². The Morgan fingerprint density at radius 3 is 1.71 bits per heavy atom. The van der Waals surface area contributed by atoms with Crippen LogP contribution >= 0.6 is 0 Å². The number of aliphatic carboxylic acids is 3. The lowest BCUT2D eigenvalue weighted by Crippen LogP contribution is -2.42. The van der Waals surface area contributed by atoms with Gasteiger partial charge in [-0.05, 0) is 39.2 Å². The number of nitrogens with two attached hydrogens (primary N) is 1. The number of ether oxygens (including phenoxy) is 1. The summed E-state index contributed by atoms with van der Waals surface area (Å²) in [5.74, 6) is -5.40. The van der Waals surface area contributed by atoms with Crippen molar-refractivity contribution in [2.24, 2.45) is 5.73 Å². The molecule has 0 aliphatic heterocycles. The number of carbonyl (C=O) groups excluding carboxylic acids is 2. The molecule has 1 atom stereocenters. The Labute approximate surface area is 225 Å². The molecule has 0 spiro atoms. The SMILES string of the molecule is CCCCCCCCCCCC(=O)NC(CCCCN)C(=O)OCC.O=C(O)CC(O)(CC(=O)O)C(=O)O. The molecule has 0 bridgehead atoms. The number of amides is 1. The van der Waals surface area contributed by atoms with Gasteiger partial charge in [0, 0.05) is 6.42 Å². The predicted molar refractivity (Wildman–Crippen MR) is 140 cm³/mol. The third kappa shape index (κ3) is 21.4. The van der Waals surface area contributed by atoms with Gasteiger partial charge in [-0.3, -0.25) is 14.4 Å². The van der Waals surface area contributed by atoms with Gasteiger partial charge in [-0.2, -0.15) is 0 Å². The first-order valence-electron chi connectivity index (χ1n) is 13.5. The van der Waals surface area contributed by atoms with E-state index >= 15 is 0 Å². The molecule has 0 aromatic rings. The first kappa shape index (κ1) is 37.4. The van der Waals surface area contributed by atoms with Crippen LogP contribution in [0.15, 0.2) is 0 Å². The zero-order chi connectivity index (χ0) is 29.4. The van der Waals surface area contributed by atoms with E-state index in [0.717, 1.165) is 25.7 Å². The maximum absolute atomic E-state index is 12.1. The molecule has 0 aromatic heterocycles. The van der Waals surface area contributed by atoms with Crippen LogP contribution in [-0.2, 0) is 28.7 Å². The van der Waals surface area contributed by atoms with Crippen LogP contribution in [0.5, 0.6) is 0 Å². The van der Waals surface area contributed by atoms with Crippen LogP contribution in [0, 0.1) is 0 Å². The van der Waals surface area contributed by atoms with Gasteiger partial charge in [0.15, 0.2) is 5.60 Å². The summed E-state index contributed by atoms with van der Waals surface area (Å²) in [4.78, 5) is 54.5. The molecule has 1 amide bonds. The van der Waals surface area contributed by atoms with Crippen molar-refractivity contribution in [2.75, 3.05) is 13.2 Å². The van der Waals surface area contributed by atoms with Crippen LogP contribution in [0.1, 0.15) is 110 Å². The summed E-state index contributed by atoms with van der Waals surface area (Å²) in [5, 5.41) is 36.6. The number of carboxylic acids is 3. The topological polar surface area (TPSA) is 214 Å². The number of unbranched alkanes of at least 4 members (excludes halogenated alkanes) is 9. The fourth-order valence-electron chi connectivity index (χ4n) is 3.56. The molecule has 12 heteroatoms. The number of carboxylic acid groups (broad SMARTS) is 3. The van der Waals surface area contributed by atoms with E-state index in [1.54, 1.807) is 6.92 Å². The normalized spacial score (nSPS) is 11.6. The van der Waals surface area contributed by atoms with Crippen molar-refractivity contribution in [1.29, 1.82) is 0 Å². The maximum atomic E-state index is 12.1. The minimum absolute atomic E-state index is 0.0475. The fourth-order valence-corrected chi connectivity index (χ4v) is 3.56. The third-order valence-corrected chi connectivity index (χ3v) is 5.65. The van der Waals surface area contributed by atoms with Crippen molar-refractivity contribution in [3.8, 4) is 0 Å². The average Bonchev–Trinajstić information content (AvgIpc) is 2.82. The minimum Gasteiger partial charge on any atom is -0.481 e. The van der Waals surface area contributed by atoms with Gasteiger partial charge < -0.3 is 36.2 Å². The zero-order valence-electron chi connectivity index (χ0n) is 22.9. The van der Waals surface area contributed by atoms with E-state index < -0.39 is 42.4 Å². The highest BCUT2D eigenvalue weighted by Crippen LogP contribution is 2.16. The van der Waals surface area contributed by atoms with Crippen molar-refractivity contribution in [3.63, 3.8) is 0 Å². The Balaban J connectivity index is 0. The van der Waals surface area contributed by atoms with E-state index in [1.165, 1.54) is 44.9 Å². The molecule has 222 valence electrons. The molecule has 0 heterocycles. The molecular formula is C26H48N2O10. The molecule has 0 saturated carbocycles. The number of hydrogen-bond acceptors (Lipinski definition) is 8. The maximum Gasteiger partial charge on any atom is 0.336 e. The third-order valence-electron chi connectivity index (χ3n) is 5.65. The second-order valence-electron chi connectivity index (χ2n) is 9.21. The standard InChI is InChI=1S/C20H40N2O3.C6H8O7/c1-3-5-6-7-8-9-10-11-12-16-19(23)22-18(15-13-14-17-21)20(24)25-4-2;7-3(8)1-6(13,5(11)12)2-4(9)10/h18H,3-17,21H2,1-2H3,(H,22,23);13H,1-2H2,(H,7,8)(H,9,10)(H,11,12). The molecular weight excluding hydrogens is 500 g/mol. The largest absolute Gasteiger partial charge is 0.481 e. The second kappa shape index (κ2) is 23.4. The molecule has 0 radical (unpaired) electrons. The second-order valence-corrected chi connectivity index (χ2v) is 9.21. The highest BCUT2D eigenvalue weighted by molar-refractivity contribution is 5.88. The molecule has 38 heavy (non-hydrogen) atoms. The highest BCUT2D eigenvalue weighted by atomic mass is 16.5. The van der Waals surface area contributed by atoms with Crippen LogP contribution in [0.3, 0.4) is 0 Å². The van der Waals surface area contributed by atoms with Crippen molar-refractivity contribution in [2.45, 2.75) is 122 Å².